The van der Waals surface area contributed by atoms with Gasteiger partial charge in [-0.15, -0.1) is 0 Å². The van der Waals surface area contributed by atoms with Crippen LogP contribution in [-0.2, 0) is 0 Å². The summed E-state index contributed by atoms with van der Waals surface area (Å²) in [5, 5.41) is 6.06. The maximum absolute atomic E-state index is 6.06. The SMILES string of the molecule is N=C(N)N.c1ccccc1.c1ccccc1. The van der Waals surface area contributed by atoms with Gasteiger partial charge in [0.05, 0.1) is 0 Å². The predicted octanol–water partition coefficient (Wildman–Crippen LogP) is 2.21. The fourth-order valence-electron chi connectivity index (χ4n) is 0.770. The Hall–Kier alpha value is -2.29. The van der Waals surface area contributed by atoms with E-state index >= 15 is 0 Å². The van der Waals surface area contributed by atoms with Crippen LogP contribution >= 0.6 is 0 Å². The lowest BCUT2D eigenvalue weighted by molar-refractivity contribution is 1.39. The molecule has 0 spiro atoms. The van der Waals surface area contributed by atoms with E-state index in [1.807, 2.05) is 72.8 Å². The minimum Gasteiger partial charge on any atom is -0.370 e. The molecule has 2 aromatic rings. The van der Waals surface area contributed by atoms with Crippen LogP contribution in [0.1, 0.15) is 0 Å². The van der Waals surface area contributed by atoms with Crippen LogP contribution in [0, 0.1) is 5.41 Å². The van der Waals surface area contributed by atoms with E-state index in [-0.39, 0.29) is 5.96 Å². The third kappa shape index (κ3) is 14.2. The van der Waals surface area contributed by atoms with Gasteiger partial charge in [0.25, 0.3) is 0 Å². The Morgan fingerprint density at radius 1 is 0.500 bits per heavy atom. The van der Waals surface area contributed by atoms with E-state index in [2.05, 4.69) is 11.5 Å². The highest BCUT2D eigenvalue weighted by atomic mass is 14.9. The van der Waals surface area contributed by atoms with Gasteiger partial charge in [0.2, 0.25) is 0 Å². The van der Waals surface area contributed by atoms with Crippen molar-refractivity contribution in [2.24, 2.45) is 11.5 Å². The molecule has 0 heterocycles. The largest absolute Gasteiger partial charge is 0.370 e. The van der Waals surface area contributed by atoms with Crippen LogP contribution in [0.4, 0.5) is 0 Å². The van der Waals surface area contributed by atoms with E-state index in [0.29, 0.717) is 0 Å². The quantitative estimate of drug-likeness (QED) is 0.465. The Bertz CT molecular complexity index is 257. The fraction of sp³-hybridized carbons (Fsp3) is 0. The van der Waals surface area contributed by atoms with Crippen LogP contribution in [0.5, 0.6) is 0 Å². The lowest BCUT2D eigenvalue weighted by Crippen LogP contribution is -2.20. The van der Waals surface area contributed by atoms with Crippen molar-refractivity contribution in [2.45, 2.75) is 0 Å². The lowest BCUT2D eigenvalue weighted by atomic mass is 10.4. The second kappa shape index (κ2) is 10.8. The standard InChI is InChI=1S/2C6H6.CH5N3/c2*1-2-4-6-5-3-1;2-1(3)4/h2*1-6H;(H5,2,3,4). The molecule has 0 saturated heterocycles. The Morgan fingerprint density at radius 3 is 0.625 bits per heavy atom. The summed E-state index contributed by atoms with van der Waals surface area (Å²) in [5.41, 5.74) is 8.94. The molecule has 0 radical (unpaired) electrons. The first-order chi connectivity index (χ1) is 7.73. The van der Waals surface area contributed by atoms with Crippen molar-refractivity contribution in [3.05, 3.63) is 72.8 Å². The number of guanidine groups is 1. The summed E-state index contributed by atoms with van der Waals surface area (Å²) in [4.78, 5) is 0. The third-order valence-corrected chi connectivity index (χ3v) is 1.33. The van der Waals surface area contributed by atoms with Gasteiger partial charge in [-0.1, -0.05) is 72.8 Å². The van der Waals surface area contributed by atoms with Gasteiger partial charge in [-0.2, -0.15) is 0 Å². The summed E-state index contributed by atoms with van der Waals surface area (Å²) in [6, 6.07) is 24.0. The number of hydrogen-bond acceptors (Lipinski definition) is 1. The first-order valence-electron chi connectivity index (χ1n) is 4.83. The molecule has 0 unspecified atom stereocenters. The van der Waals surface area contributed by atoms with Gasteiger partial charge in [0.15, 0.2) is 5.96 Å². The zero-order chi connectivity index (χ0) is 12.1. The Morgan fingerprint density at radius 2 is 0.562 bits per heavy atom. The molecule has 0 saturated carbocycles. The molecule has 0 aliphatic carbocycles. The van der Waals surface area contributed by atoms with Crippen LogP contribution in [0.3, 0.4) is 0 Å². The molecule has 2 rings (SSSR count). The molecule has 84 valence electrons. The number of hydrogen-bond donors (Lipinski definition) is 3. The summed E-state index contributed by atoms with van der Waals surface area (Å²) in [5.74, 6) is -0.333. The van der Waals surface area contributed by atoms with E-state index < -0.39 is 0 Å². The summed E-state index contributed by atoms with van der Waals surface area (Å²) in [6.45, 7) is 0. The maximum Gasteiger partial charge on any atom is 0.183 e. The second-order valence-corrected chi connectivity index (χ2v) is 2.76. The monoisotopic (exact) mass is 215 g/mol. The van der Waals surface area contributed by atoms with Crippen LogP contribution in [0.2, 0.25) is 0 Å². The summed E-state index contributed by atoms with van der Waals surface area (Å²) in [6.07, 6.45) is 0. The van der Waals surface area contributed by atoms with Crippen molar-refractivity contribution < 1.29 is 0 Å². The molecule has 0 aromatic heterocycles. The van der Waals surface area contributed by atoms with Crippen LogP contribution in [0.25, 0.3) is 0 Å². The Labute approximate surface area is 96.2 Å². The molecule has 0 fully saturated rings. The van der Waals surface area contributed by atoms with Gasteiger partial charge in [-0.05, 0) is 0 Å². The highest BCUT2D eigenvalue weighted by molar-refractivity contribution is 5.71. The molecule has 0 amide bonds. The van der Waals surface area contributed by atoms with Gasteiger partial charge in [0.1, 0.15) is 0 Å². The number of nitrogens with two attached hydrogens (primary N) is 2. The summed E-state index contributed by atoms with van der Waals surface area (Å²) < 4.78 is 0. The highest BCUT2D eigenvalue weighted by Crippen LogP contribution is 1.80. The Kier molecular flexibility index (Phi) is 9.24. The molecule has 3 nitrogen and oxygen atoms in total. The third-order valence-electron chi connectivity index (χ3n) is 1.33. The molecule has 0 bridgehead atoms. The fourth-order valence-corrected chi connectivity index (χ4v) is 0.770. The van der Waals surface area contributed by atoms with E-state index in [1.54, 1.807) is 0 Å². The van der Waals surface area contributed by atoms with Gasteiger partial charge in [0, 0.05) is 0 Å². The number of nitrogens with one attached hydrogen (secondary N) is 1. The van der Waals surface area contributed by atoms with Crippen molar-refractivity contribution in [3.63, 3.8) is 0 Å². The zero-order valence-corrected chi connectivity index (χ0v) is 9.08. The molecular formula is C13H17N3. The molecule has 3 heteroatoms. The maximum atomic E-state index is 6.06. The minimum absolute atomic E-state index is 0.333. The first kappa shape index (κ1) is 13.7. The van der Waals surface area contributed by atoms with Crippen molar-refractivity contribution in [1.82, 2.24) is 0 Å². The van der Waals surface area contributed by atoms with Gasteiger partial charge in [-0.3, -0.25) is 5.41 Å². The predicted molar refractivity (Wildman–Crippen MR) is 69.0 cm³/mol. The van der Waals surface area contributed by atoms with Crippen LogP contribution < -0.4 is 11.5 Å². The first-order valence-corrected chi connectivity index (χ1v) is 4.83. The highest BCUT2D eigenvalue weighted by Gasteiger charge is 1.58. The van der Waals surface area contributed by atoms with E-state index in [4.69, 9.17) is 5.41 Å². The molecule has 2 aromatic carbocycles. The van der Waals surface area contributed by atoms with Crippen molar-refractivity contribution in [3.8, 4) is 0 Å². The average molecular weight is 215 g/mol. The molecule has 0 atom stereocenters. The van der Waals surface area contributed by atoms with Crippen LogP contribution in [0.15, 0.2) is 72.8 Å². The van der Waals surface area contributed by atoms with Crippen molar-refractivity contribution in [2.75, 3.05) is 0 Å². The summed E-state index contributed by atoms with van der Waals surface area (Å²) >= 11 is 0. The van der Waals surface area contributed by atoms with Gasteiger partial charge in [-0.25, -0.2) is 0 Å². The van der Waals surface area contributed by atoms with E-state index in [0.717, 1.165) is 0 Å². The van der Waals surface area contributed by atoms with Crippen molar-refractivity contribution >= 4 is 5.96 Å². The van der Waals surface area contributed by atoms with E-state index in [1.165, 1.54) is 0 Å². The topological polar surface area (TPSA) is 75.9 Å². The van der Waals surface area contributed by atoms with E-state index in [9.17, 15) is 0 Å². The molecule has 5 N–H and O–H groups in total. The second-order valence-electron chi connectivity index (χ2n) is 2.76. The Balaban J connectivity index is 0.000000217. The molecule has 0 aliphatic heterocycles. The minimum atomic E-state index is -0.333. The molecule has 0 aliphatic rings. The zero-order valence-electron chi connectivity index (χ0n) is 9.08. The normalized spacial score (nSPS) is 7.50. The number of benzene rings is 2. The lowest BCUT2D eigenvalue weighted by Gasteiger charge is -1.69. The smallest absolute Gasteiger partial charge is 0.183 e. The van der Waals surface area contributed by atoms with Gasteiger partial charge < -0.3 is 11.5 Å². The van der Waals surface area contributed by atoms with Gasteiger partial charge >= 0.3 is 0 Å². The van der Waals surface area contributed by atoms with Crippen LogP contribution in [-0.4, -0.2) is 5.96 Å². The van der Waals surface area contributed by atoms with Crippen molar-refractivity contribution in [1.29, 1.82) is 5.41 Å². The number of rotatable bonds is 0. The molecule has 16 heavy (non-hydrogen) atoms. The average Bonchev–Trinajstić information content (AvgIpc) is 2.34. The summed E-state index contributed by atoms with van der Waals surface area (Å²) in [7, 11) is 0. The molecular weight excluding hydrogens is 198 g/mol.